The van der Waals surface area contributed by atoms with E-state index in [9.17, 15) is 9.90 Å². The topological polar surface area (TPSA) is 101 Å². The molecule has 1 unspecified atom stereocenters. The molecule has 14 heavy (non-hydrogen) atoms. The van der Waals surface area contributed by atoms with Gasteiger partial charge in [-0.15, -0.1) is 0 Å². The van der Waals surface area contributed by atoms with Gasteiger partial charge in [-0.3, -0.25) is 4.79 Å². The summed E-state index contributed by atoms with van der Waals surface area (Å²) in [4.78, 5) is 10.6. The van der Waals surface area contributed by atoms with Gasteiger partial charge in [-0.1, -0.05) is 13.8 Å². The van der Waals surface area contributed by atoms with Crippen LogP contribution in [0.3, 0.4) is 0 Å². The molecule has 0 saturated heterocycles. The van der Waals surface area contributed by atoms with Gasteiger partial charge in [0.1, 0.15) is 0 Å². The number of aliphatic hydroxyl groups is 1. The molecule has 0 aliphatic rings. The number of hydrogen-bond acceptors (Lipinski definition) is 4. The average Bonchev–Trinajstić information content (AvgIpc) is 2.17. The lowest BCUT2D eigenvalue weighted by Gasteiger charge is -2.25. The molecule has 0 aromatic carbocycles. The summed E-state index contributed by atoms with van der Waals surface area (Å²) in [5, 5.41) is 12.8. The second-order valence-electron chi connectivity index (χ2n) is 3.57. The van der Waals surface area contributed by atoms with Crippen LogP contribution in [0.5, 0.6) is 0 Å². The van der Waals surface area contributed by atoms with Crippen LogP contribution >= 0.6 is 0 Å². The second kappa shape index (κ2) is 5.95. The average molecular weight is 203 g/mol. The normalized spacial score (nSPS) is 14.0. The summed E-state index contributed by atoms with van der Waals surface area (Å²) in [7, 11) is 0. The Morgan fingerprint density at radius 3 is 2.36 bits per heavy atom. The third kappa shape index (κ3) is 4.55. The van der Waals surface area contributed by atoms with E-state index in [0.717, 1.165) is 0 Å². The second-order valence-corrected chi connectivity index (χ2v) is 3.57. The van der Waals surface area contributed by atoms with E-state index in [1.165, 1.54) is 0 Å². The first-order valence-electron chi connectivity index (χ1n) is 4.93. The smallest absolute Gasteiger partial charge is 0.235 e. The quantitative estimate of drug-likeness (QED) is 0.423. The first-order valence-corrected chi connectivity index (χ1v) is 4.93. The van der Waals surface area contributed by atoms with Crippen LogP contribution in [0, 0.1) is 0 Å². The van der Waals surface area contributed by atoms with E-state index < -0.39 is 17.6 Å². The van der Waals surface area contributed by atoms with E-state index >= 15 is 0 Å². The molecule has 0 rings (SSSR count). The number of rotatable bonds is 7. The summed E-state index contributed by atoms with van der Waals surface area (Å²) in [6.45, 7) is 4.57. The molecule has 0 aromatic heterocycles. The van der Waals surface area contributed by atoms with Gasteiger partial charge in [-0.05, 0) is 12.8 Å². The Balaban J connectivity index is 3.77. The highest BCUT2D eigenvalue weighted by Crippen LogP contribution is 2.12. The Labute approximate surface area is 84.8 Å². The lowest BCUT2D eigenvalue weighted by molar-refractivity contribution is -0.119. The van der Waals surface area contributed by atoms with Gasteiger partial charge in [0, 0.05) is 13.1 Å². The molecule has 0 aromatic rings. The molecule has 1 amide bonds. The van der Waals surface area contributed by atoms with E-state index in [0.29, 0.717) is 25.9 Å². The highest BCUT2D eigenvalue weighted by Gasteiger charge is 2.21. The van der Waals surface area contributed by atoms with E-state index in [1.807, 2.05) is 13.8 Å². The lowest BCUT2D eigenvalue weighted by atomic mass is 9.97. The van der Waals surface area contributed by atoms with Crippen LogP contribution in [0.15, 0.2) is 0 Å². The third-order valence-corrected chi connectivity index (χ3v) is 2.50. The fourth-order valence-electron chi connectivity index (χ4n) is 1.06. The molecule has 0 aliphatic heterocycles. The monoisotopic (exact) mass is 203 g/mol. The molecule has 5 heteroatoms. The van der Waals surface area contributed by atoms with Gasteiger partial charge in [0.2, 0.25) is 5.91 Å². The standard InChI is InChI=1S/C9H21N3O2/c1-3-9(14,4-2)6-12-5-7(10)8(11)13/h7,12,14H,3-6,10H2,1-2H3,(H2,11,13). The Hall–Kier alpha value is -0.650. The molecule has 0 fully saturated rings. The molecular formula is C9H21N3O2. The summed E-state index contributed by atoms with van der Waals surface area (Å²) in [5.41, 5.74) is 9.68. The fourth-order valence-corrected chi connectivity index (χ4v) is 1.06. The maximum absolute atomic E-state index is 10.6. The van der Waals surface area contributed by atoms with E-state index in [-0.39, 0.29) is 0 Å². The molecule has 6 N–H and O–H groups in total. The van der Waals surface area contributed by atoms with Crippen LogP contribution in [0.25, 0.3) is 0 Å². The summed E-state index contributed by atoms with van der Waals surface area (Å²) in [5.74, 6) is -0.533. The molecule has 0 heterocycles. The van der Waals surface area contributed by atoms with Gasteiger partial charge in [-0.2, -0.15) is 0 Å². The highest BCUT2D eigenvalue weighted by atomic mass is 16.3. The molecule has 0 bridgehead atoms. The maximum atomic E-state index is 10.6. The number of hydrogen-bond donors (Lipinski definition) is 4. The number of primary amides is 1. The number of amides is 1. The molecule has 1 atom stereocenters. The first-order chi connectivity index (χ1) is 6.45. The third-order valence-electron chi connectivity index (χ3n) is 2.50. The number of nitrogens with two attached hydrogens (primary N) is 2. The van der Waals surface area contributed by atoms with Crippen LogP contribution in [-0.2, 0) is 4.79 Å². The van der Waals surface area contributed by atoms with Gasteiger partial charge in [-0.25, -0.2) is 0 Å². The number of carbonyl (C=O) groups excluding carboxylic acids is 1. The minimum absolute atomic E-state index is 0.303. The van der Waals surface area contributed by atoms with E-state index in [1.54, 1.807) is 0 Å². The SMILES string of the molecule is CCC(O)(CC)CNCC(N)C(N)=O. The largest absolute Gasteiger partial charge is 0.389 e. The number of carbonyl (C=O) groups is 1. The van der Waals surface area contributed by atoms with Crippen molar-refractivity contribution in [2.24, 2.45) is 11.5 Å². The van der Waals surface area contributed by atoms with Gasteiger partial charge in [0.15, 0.2) is 0 Å². The van der Waals surface area contributed by atoms with Crippen molar-refractivity contribution < 1.29 is 9.90 Å². The van der Waals surface area contributed by atoms with Gasteiger partial charge >= 0.3 is 0 Å². The molecule has 0 saturated carbocycles. The Kier molecular flexibility index (Phi) is 5.68. The highest BCUT2D eigenvalue weighted by molar-refractivity contribution is 5.79. The summed E-state index contributed by atoms with van der Waals surface area (Å²) < 4.78 is 0. The van der Waals surface area contributed by atoms with Crippen molar-refractivity contribution in [1.29, 1.82) is 0 Å². The van der Waals surface area contributed by atoms with E-state index in [4.69, 9.17) is 11.5 Å². The minimum Gasteiger partial charge on any atom is -0.389 e. The van der Waals surface area contributed by atoms with Crippen molar-refractivity contribution in [2.45, 2.75) is 38.3 Å². The minimum atomic E-state index is -0.711. The van der Waals surface area contributed by atoms with Crippen LogP contribution in [0.4, 0.5) is 0 Å². The lowest BCUT2D eigenvalue weighted by Crippen LogP contribution is -2.48. The first kappa shape index (κ1) is 13.4. The van der Waals surface area contributed by atoms with Crippen molar-refractivity contribution in [3.63, 3.8) is 0 Å². The van der Waals surface area contributed by atoms with Crippen LogP contribution < -0.4 is 16.8 Å². The van der Waals surface area contributed by atoms with E-state index in [2.05, 4.69) is 5.32 Å². The van der Waals surface area contributed by atoms with Gasteiger partial charge in [0.25, 0.3) is 0 Å². The summed E-state index contributed by atoms with van der Waals surface area (Å²) in [6, 6.07) is -0.687. The molecule has 0 spiro atoms. The molecule has 84 valence electrons. The van der Waals surface area contributed by atoms with Crippen molar-refractivity contribution in [3.8, 4) is 0 Å². The van der Waals surface area contributed by atoms with Crippen LogP contribution in [0.2, 0.25) is 0 Å². The zero-order valence-electron chi connectivity index (χ0n) is 8.92. The summed E-state index contributed by atoms with van der Waals surface area (Å²) in [6.07, 6.45) is 1.34. The van der Waals surface area contributed by atoms with Gasteiger partial charge < -0.3 is 21.9 Å². The Bertz CT molecular complexity index is 181. The zero-order valence-corrected chi connectivity index (χ0v) is 8.92. The Morgan fingerprint density at radius 2 is 2.00 bits per heavy atom. The summed E-state index contributed by atoms with van der Waals surface area (Å²) >= 11 is 0. The number of nitrogens with one attached hydrogen (secondary N) is 1. The fraction of sp³-hybridized carbons (Fsp3) is 0.889. The van der Waals surface area contributed by atoms with Crippen LogP contribution in [-0.4, -0.2) is 35.7 Å². The van der Waals surface area contributed by atoms with Gasteiger partial charge in [0.05, 0.1) is 11.6 Å². The maximum Gasteiger partial charge on any atom is 0.235 e. The predicted octanol–water partition coefficient (Wildman–Crippen LogP) is -1.06. The van der Waals surface area contributed by atoms with Crippen LogP contribution in [0.1, 0.15) is 26.7 Å². The van der Waals surface area contributed by atoms with Crippen molar-refractivity contribution in [3.05, 3.63) is 0 Å². The molecule has 0 radical (unpaired) electrons. The van der Waals surface area contributed by atoms with Crippen molar-refractivity contribution >= 4 is 5.91 Å². The van der Waals surface area contributed by atoms with Crippen molar-refractivity contribution in [2.75, 3.05) is 13.1 Å². The Morgan fingerprint density at radius 1 is 1.50 bits per heavy atom. The molecule has 5 nitrogen and oxygen atoms in total. The predicted molar refractivity (Wildman–Crippen MR) is 55.6 cm³/mol. The van der Waals surface area contributed by atoms with Crippen molar-refractivity contribution in [1.82, 2.24) is 5.32 Å². The molecule has 0 aliphatic carbocycles. The zero-order chi connectivity index (χ0) is 11.2. The molecular weight excluding hydrogens is 182 g/mol.